The highest BCUT2D eigenvalue weighted by atomic mass is 32.2. The van der Waals surface area contributed by atoms with E-state index < -0.39 is 9.84 Å². The van der Waals surface area contributed by atoms with Crippen LogP contribution in [0.3, 0.4) is 0 Å². The van der Waals surface area contributed by atoms with E-state index in [0.717, 1.165) is 16.9 Å². The Bertz CT molecular complexity index is 726. The molecule has 112 valence electrons. The highest BCUT2D eigenvalue weighted by molar-refractivity contribution is 7.90. The first kappa shape index (κ1) is 15.5. The van der Waals surface area contributed by atoms with E-state index in [9.17, 15) is 8.42 Å². The summed E-state index contributed by atoms with van der Waals surface area (Å²) in [4.78, 5) is 0.322. The predicted molar refractivity (Wildman–Crippen MR) is 83.4 cm³/mol. The number of benzene rings is 2. The Morgan fingerprint density at radius 1 is 1.05 bits per heavy atom. The quantitative estimate of drug-likeness (QED) is 0.921. The SMILES string of the molecule is CNC(c1cccc(OC)c1)c1cccc(S(C)(=O)=O)c1. The summed E-state index contributed by atoms with van der Waals surface area (Å²) in [6, 6.07) is 14.6. The summed E-state index contributed by atoms with van der Waals surface area (Å²) in [7, 11) is 0.253. The number of methoxy groups -OCH3 is 1. The minimum absolute atomic E-state index is 0.0956. The van der Waals surface area contributed by atoms with Crippen LogP contribution in [0.2, 0.25) is 0 Å². The molecule has 0 aliphatic carbocycles. The maximum Gasteiger partial charge on any atom is 0.175 e. The van der Waals surface area contributed by atoms with Crippen LogP contribution in [-0.2, 0) is 9.84 Å². The average Bonchev–Trinajstić information content (AvgIpc) is 2.48. The van der Waals surface area contributed by atoms with Crippen LogP contribution in [0.4, 0.5) is 0 Å². The Kier molecular flexibility index (Phi) is 4.65. The van der Waals surface area contributed by atoms with Gasteiger partial charge in [-0.2, -0.15) is 0 Å². The third-order valence-electron chi connectivity index (χ3n) is 3.34. The second kappa shape index (κ2) is 6.28. The van der Waals surface area contributed by atoms with Crippen LogP contribution in [0.5, 0.6) is 5.75 Å². The number of ether oxygens (including phenoxy) is 1. The van der Waals surface area contributed by atoms with Crippen molar-refractivity contribution in [3.05, 3.63) is 59.7 Å². The zero-order chi connectivity index (χ0) is 15.5. The molecule has 1 unspecified atom stereocenters. The van der Waals surface area contributed by atoms with Gasteiger partial charge in [-0.3, -0.25) is 0 Å². The number of sulfone groups is 1. The molecule has 1 N–H and O–H groups in total. The van der Waals surface area contributed by atoms with E-state index in [4.69, 9.17) is 4.74 Å². The standard InChI is InChI=1S/C16H19NO3S/c1-17-16(12-6-4-8-14(10-12)20-2)13-7-5-9-15(11-13)21(3,18)19/h4-11,16-17H,1-3H3. The Labute approximate surface area is 125 Å². The lowest BCUT2D eigenvalue weighted by atomic mass is 9.99. The molecule has 0 aliphatic rings. The molecule has 0 amide bonds. The molecule has 0 fully saturated rings. The van der Waals surface area contributed by atoms with Crippen molar-refractivity contribution in [1.29, 1.82) is 0 Å². The monoisotopic (exact) mass is 305 g/mol. The average molecular weight is 305 g/mol. The Hall–Kier alpha value is -1.85. The fourth-order valence-electron chi connectivity index (χ4n) is 2.27. The number of nitrogens with one attached hydrogen (secondary N) is 1. The zero-order valence-corrected chi connectivity index (χ0v) is 13.1. The minimum Gasteiger partial charge on any atom is -0.497 e. The van der Waals surface area contributed by atoms with Crippen LogP contribution in [-0.4, -0.2) is 28.8 Å². The molecule has 1 atom stereocenters. The van der Waals surface area contributed by atoms with E-state index >= 15 is 0 Å². The summed E-state index contributed by atoms with van der Waals surface area (Å²) in [6.45, 7) is 0. The Morgan fingerprint density at radius 3 is 2.24 bits per heavy atom. The van der Waals surface area contributed by atoms with E-state index in [1.54, 1.807) is 25.3 Å². The van der Waals surface area contributed by atoms with Gasteiger partial charge in [0.25, 0.3) is 0 Å². The molecule has 0 aliphatic heterocycles. The second-order valence-corrected chi connectivity index (χ2v) is 6.86. The fourth-order valence-corrected chi connectivity index (χ4v) is 2.95. The van der Waals surface area contributed by atoms with Crippen molar-refractivity contribution in [1.82, 2.24) is 5.32 Å². The van der Waals surface area contributed by atoms with Crippen LogP contribution >= 0.6 is 0 Å². The molecule has 0 spiro atoms. The molecular formula is C16H19NO3S. The Morgan fingerprint density at radius 2 is 1.67 bits per heavy atom. The molecule has 0 radical (unpaired) electrons. The van der Waals surface area contributed by atoms with Gasteiger partial charge in [-0.05, 0) is 42.4 Å². The maximum absolute atomic E-state index is 11.7. The summed E-state index contributed by atoms with van der Waals surface area (Å²) in [5, 5.41) is 3.21. The van der Waals surface area contributed by atoms with Crippen molar-refractivity contribution in [2.45, 2.75) is 10.9 Å². The molecule has 2 aromatic carbocycles. The summed E-state index contributed by atoms with van der Waals surface area (Å²) in [5.74, 6) is 0.770. The van der Waals surface area contributed by atoms with Gasteiger partial charge in [0.05, 0.1) is 18.0 Å². The van der Waals surface area contributed by atoms with E-state index in [0.29, 0.717) is 4.90 Å². The van der Waals surface area contributed by atoms with Gasteiger partial charge in [0.2, 0.25) is 0 Å². The van der Waals surface area contributed by atoms with Crippen molar-refractivity contribution >= 4 is 9.84 Å². The summed E-state index contributed by atoms with van der Waals surface area (Å²) >= 11 is 0. The van der Waals surface area contributed by atoms with Crippen molar-refractivity contribution in [3.8, 4) is 5.75 Å². The molecule has 2 rings (SSSR count). The normalized spacial score (nSPS) is 12.9. The third-order valence-corrected chi connectivity index (χ3v) is 4.45. The first-order chi connectivity index (χ1) is 9.95. The number of hydrogen-bond donors (Lipinski definition) is 1. The first-order valence-electron chi connectivity index (χ1n) is 6.57. The highest BCUT2D eigenvalue weighted by Crippen LogP contribution is 2.26. The molecule has 0 aromatic heterocycles. The molecule has 0 heterocycles. The van der Waals surface area contributed by atoms with Gasteiger partial charge in [-0.15, -0.1) is 0 Å². The van der Waals surface area contributed by atoms with Crippen molar-refractivity contribution < 1.29 is 13.2 Å². The first-order valence-corrected chi connectivity index (χ1v) is 8.46. The molecule has 2 aromatic rings. The van der Waals surface area contributed by atoms with E-state index in [-0.39, 0.29) is 6.04 Å². The largest absolute Gasteiger partial charge is 0.497 e. The lowest BCUT2D eigenvalue weighted by Gasteiger charge is -2.18. The molecule has 4 nitrogen and oxygen atoms in total. The number of rotatable bonds is 5. The summed E-state index contributed by atoms with van der Waals surface area (Å²) in [6.07, 6.45) is 1.21. The third kappa shape index (κ3) is 3.62. The maximum atomic E-state index is 11.7. The molecule has 0 bridgehead atoms. The van der Waals surface area contributed by atoms with E-state index in [2.05, 4.69) is 5.32 Å². The smallest absolute Gasteiger partial charge is 0.175 e. The van der Waals surface area contributed by atoms with Crippen LogP contribution in [0.15, 0.2) is 53.4 Å². The van der Waals surface area contributed by atoms with Crippen LogP contribution < -0.4 is 10.1 Å². The summed E-state index contributed by atoms with van der Waals surface area (Å²) in [5.41, 5.74) is 1.91. The van der Waals surface area contributed by atoms with Crippen molar-refractivity contribution in [2.24, 2.45) is 0 Å². The zero-order valence-electron chi connectivity index (χ0n) is 12.3. The topological polar surface area (TPSA) is 55.4 Å². The molecular weight excluding hydrogens is 286 g/mol. The van der Waals surface area contributed by atoms with Gasteiger partial charge in [-0.1, -0.05) is 24.3 Å². The fraction of sp³-hybridized carbons (Fsp3) is 0.250. The van der Waals surface area contributed by atoms with Gasteiger partial charge in [0, 0.05) is 6.26 Å². The van der Waals surface area contributed by atoms with Crippen molar-refractivity contribution in [3.63, 3.8) is 0 Å². The van der Waals surface area contributed by atoms with E-state index in [1.165, 1.54) is 6.26 Å². The molecule has 5 heteroatoms. The van der Waals surface area contributed by atoms with Crippen LogP contribution in [0.1, 0.15) is 17.2 Å². The van der Waals surface area contributed by atoms with Crippen LogP contribution in [0.25, 0.3) is 0 Å². The molecule has 21 heavy (non-hydrogen) atoms. The Balaban J connectivity index is 2.46. The minimum atomic E-state index is -3.21. The lowest BCUT2D eigenvalue weighted by molar-refractivity contribution is 0.414. The lowest BCUT2D eigenvalue weighted by Crippen LogP contribution is -2.18. The van der Waals surface area contributed by atoms with Gasteiger partial charge in [0.15, 0.2) is 9.84 Å². The van der Waals surface area contributed by atoms with Gasteiger partial charge < -0.3 is 10.1 Å². The molecule has 0 saturated heterocycles. The van der Waals surface area contributed by atoms with E-state index in [1.807, 2.05) is 37.4 Å². The van der Waals surface area contributed by atoms with Crippen molar-refractivity contribution in [2.75, 3.05) is 20.4 Å². The molecule has 0 saturated carbocycles. The highest BCUT2D eigenvalue weighted by Gasteiger charge is 2.15. The predicted octanol–water partition coefficient (Wildman–Crippen LogP) is 2.41. The van der Waals surface area contributed by atoms with Gasteiger partial charge >= 0.3 is 0 Å². The summed E-state index contributed by atoms with van der Waals surface area (Å²) < 4.78 is 28.6. The van der Waals surface area contributed by atoms with Crippen LogP contribution in [0, 0.1) is 0 Å². The van der Waals surface area contributed by atoms with Gasteiger partial charge in [0.1, 0.15) is 5.75 Å². The number of hydrogen-bond acceptors (Lipinski definition) is 4. The van der Waals surface area contributed by atoms with Gasteiger partial charge in [-0.25, -0.2) is 8.42 Å². The second-order valence-electron chi connectivity index (χ2n) is 4.84.